The van der Waals surface area contributed by atoms with Gasteiger partial charge in [-0.15, -0.1) is 0 Å². The van der Waals surface area contributed by atoms with E-state index < -0.39 is 5.67 Å². The van der Waals surface area contributed by atoms with Gasteiger partial charge in [0.05, 0.1) is 5.69 Å². The van der Waals surface area contributed by atoms with E-state index in [1.807, 2.05) is 82.3 Å². The van der Waals surface area contributed by atoms with Crippen molar-refractivity contribution in [2.24, 2.45) is 5.92 Å². The zero-order chi connectivity index (χ0) is 20.6. The molecule has 3 atom stereocenters. The predicted octanol–water partition coefficient (Wildman–Crippen LogP) is 6.34. The van der Waals surface area contributed by atoms with Crippen LogP contribution in [0.15, 0.2) is 67.0 Å². The minimum absolute atomic E-state index is 0.218. The van der Waals surface area contributed by atoms with Gasteiger partial charge in [0.15, 0.2) is 11.6 Å². The molecule has 3 aromatic rings. The third-order valence-corrected chi connectivity index (χ3v) is 5.97. The second-order valence-electron chi connectivity index (χ2n) is 7.21. The van der Waals surface area contributed by atoms with Gasteiger partial charge in [-0.2, -0.15) is 0 Å². The first kappa shape index (κ1) is 19.4. The zero-order valence-electron chi connectivity index (χ0n) is 17.4. The van der Waals surface area contributed by atoms with Crippen LogP contribution in [-0.4, -0.2) is 16.1 Å². The van der Waals surface area contributed by atoms with Crippen LogP contribution in [-0.2, 0) is 5.67 Å². The van der Waals surface area contributed by atoms with Gasteiger partial charge in [0.2, 0.25) is 0 Å². The molecule has 0 amide bonds. The topological polar surface area (TPSA) is 32.3 Å². The van der Waals surface area contributed by atoms with E-state index in [1.54, 1.807) is 12.4 Å². The van der Waals surface area contributed by atoms with E-state index >= 15 is 4.39 Å². The lowest BCUT2D eigenvalue weighted by Gasteiger charge is -2.48. The standard InChI is InChI=1S/C22H21FN4.C2H6/c1-3-22(23)15(2)21-26(16-9-5-4-6-10-16)19-20(25-14-13-24-19)27(21)18-12-8-7-11-17(18)22;1-2/h4-15,21H,3H2,1-2H3;1-2H3. The van der Waals surface area contributed by atoms with E-state index in [1.165, 1.54) is 0 Å². The summed E-state index contributed by atoms with van der Waals surface area (Å²) >= 11 is 0. The molecule has 2 aliphatic rings. The van der Waals surface area contributed by atoms with Gasteiger partial charge in [-0.05, 0) is 24.6 Å². The summed E-state index contributed by atoms with van der Waals surface area (Å²) in [5.41, 5.74) is 1.21. The van der Waals surface area contributed by atoms with Crippen LogP contribution in [0.25, 0.3) is 0 Å². The van der Waals surface area contributed by atoms with Crippen molar-refractivity contribution in [2.75, 3.05) is 9.80 Å². The minimum atomic E-state index is -1.41. The number of aromatic nitrogens is 2. The lowest BCUT2D eigenvalue weighted by Crippen LogP contribution is -2.54. The zero-order valence-corrected chi connectivity index (χ0v) is 17.4. The summed E-state index contributed by atoms with van der Waals surface area (Å²) in [6, 6.07) is 17.8. The van der Waals surface area contributed by atoms with Gasteiger partial charge in [0.25, 0.3) is 0 Å². The van der Waals surface area contributed by atoms with Crippen molar-refractivity contribution in [1.82, 2.24) is 9.97 Å². The Kier molecular flexibility index (Phi) is 4.99. The summed E-state index contributed by atoms with van der Waals surface area (Å²) < 4.78 is 16.3. The maximum Gasteiger partial charge on any atom is 0.178 e. The lowest BCUT2D eigenvalue weighted by atomic mass is 9.75. The van der Waals surface area contributed by atoms with Crippen molar-refractivity contribution in [1.29, 1.82) is 0 Å². The molecular weight excluding hydrogens is 363 g/mol. The fourth-order valence-electron chi connectivity index (χ4n) is 4.63. The van der Waals surface area contributed by atoms with E-state index in [-0.39, 0.29) is 12.1 Å². The summed E-state index contributed by atoms with van der Waals surface area (Å²) in [6.07, 6.45) is 3.61. The van der Waals surface area contributed by atoms with Crippen molar-refractivity contribution in [3.63, 3.8) is 0 Å². The fourth-order valence-corrected chi connectivity index (χ4v) is 4.63. The molecule has 5 rings (SSSR count). The Hall–Kier alpha value is -2.95. The van der Waals surface area contributed by atoms with Crippen molar-refractivity contribution in [3.8, 4) is 0 Å². The monoisotopic (exact) mass is 390 g/mol. The fraction of sp³-hybridized carbons (Fsp3) is 0.333. The Balaban J connectivity index is 0.000000994. The first-order chi connectivity index (χ1) is 14.2. The number of nitrogens with zero attached hydrogens (tertiary/aromatic N) is 4. The normalized spacial score (nSPS) is 24.2. The number of para-hydroxylation sites is 2. The van der Waals surface area contributed by atoms with Crippen LogP contribution in [0.2, 0.25) is 0 Å². The van der Waals surface area contributed by atoms with Crippen LogP contribution in [0.5, 0.6) is 0 Å². The number of anilines is 4. The minimum Gasteiger partial charge on any atom is -0.301 e. The Morgan fingerprint density at radius 3 is 2.14 bits per heavy atom. The number of halogens is 1. The Morgan fingerprint density at radius 2 is 1.48 bits per heavy atom. The van der Waals surface area contributed by atoms with E-state index in [2.05, 4.69) is 19.8 Å². The SMILES string of the molecule is CC.CCC1(F)c2ccccc2N2c3nccnc3N(c3ccccc3)C2C1C. The average molecular weight is 391 g/mol. The molecular formula is C24H27FN4. The molecule has 5 heteroatoms. The highest BCUT2D eigenvalue weighted by Crippen LogP contribution is 2.57. The summed E-state index contributed by atoms with van der Waals surface area (Å²) in [4.78, 5) is 13.5. The van der Waals surface area contributed by atoms with Crippen LogP contribution < -0.4 is 9.80 Å². The van der Waals surface area contributed by atoms with E-state index in [0.717, 1.165) is 28.6 Å². The Labute approximate surface area is 172 Å². The molecule has 0 N–H and O–H groups in total. The van der Waals surface area contributed by atoms with E-state index in [0.29, 0.717) is 6.42 Å². The summed E-state index contributed by atoms with van der Waals surface area (Å²) in [7, 11) is 0. The van der Waals surface area contributed by atoms with E-state index in [4.69, 9.17) is 0 Å². The molecule has 0 fully saturated rings. The quantitative estimate of drug-likeness (QED) is 0.511. The highest BCUT2D eigenvalue weighted by molar-refractivity contribution is 5.85. The molecule has 1 aromatic heterocycles. The molecule has 4 nitrogen and oxygen atoms in total. The molecule has 0 saturated heterocycles. The number of hydrogen-bond acceptors (Lipinski definition) is 4. The number of rotatable bonds is 2. The molecule has 3 heterocycles. The van der Waals surface area contributed by atoms with Gasteiger partial charge in [-0.3, -0.25) is 0 Å². The molecule has 0 spiro atoms. The van der Waals surface area contributed by atoms with Crippen LogP contribution >= 0.6 is 0 Å². The van der Waals surface area contributed by atoms with Gasteiger partial charge in [-0.25, -0.2) is 14.4 Å². The molecule has 150 valence electrons. The Morgan fingerprint density at radius 1 is 0.897 bits per heavy atom. The molecule has 0 aliphatic carbocycles. The van der Waals surface area contributed by atoms with Crippen molar-refractivity contribution < 1.29 is 4.39 Å². The number of benzene rings is 2. The first-order valence-electron chi connectivity index (χ1n) is 10.4. The number of alkyl halides is 1. The maximum atomic E-state index is 16.3. The van der Waals surface area contributed by atoms with Crippen molar-refractivity contribution in [3.05, 3.63) is 72.6 Å². The molecule has 0 bridgehead atoms. The third kappa shape index (κ3) is 2.71. The number of fused-ring (bicyclic) bond motifs is 5. The van der Waals surface area contributed by atoms with E-state index in [9.17, 15) is 0 Å². The first-order valence-corrected chi connectivity index (χ1v) is 10.4. The van der Waals surface area contributed by atoms with Gasteiger partial charge < -0.3 is 9.80 Å². The predicted molar refractivity (Wildman–Crippen MR) is 117 cm³/mol. The number of hydrogen-bond donors (Lipinski definition) is 0. The summed E-state index contributed by atoms with van der Waals surface area (Å²) in [5, 5.41) is 0. The lowest BCUT2D eigenvalue weighted by molar-refractivity contribution is 0.0619. The highest BCUT2D eigenvalue weighted by Gasteiger charge is 2.55. The van der Waals surface area contributed by atoms with Crippen LogP contribution in [0.1, 0.15) is 39.7 Å². The molecule has 3 unspecified atom stereocenters. The molecule has 29 heavy (non-hydrogen) atoms. The molecule has 0 saturated carbocycles. The smallest absolute Gasteiger partial charge is 0.178 e. The van der Waals surface area contributed by atoms with Gasteiger partial charge >= 0.3 is 0 Å². The highest BCUT2D eigenvalue weighted by atomic mass is 19.1. The second-order valence-corrected chi connectivity index (χ2v) is 7.21. The summed E-state index contributed by atoms with van der Waals surface area (Å²) in [6.45, 7) is 7.92. The molecule has 2 aliphatic heterocycles. The average Bonchev–Trinajstić information content (AvgIpc) is 3.15. The van der Waals surface area contributed by atoms with Crippen LogP contribution in [0.4, 0.5) is 27.4 Å². The maximum absolute atomic E-state index is 16.3. The van der Waals surface area contributed by atoms with Gasteiger partial charge in [0.1, 0.15) is 11.8 Å². The second kappa shape index (κ2) is 7.47. The van der Waals surface area contributed by atoms with Crippen LogP contribution in [0, 0.1) is 5.92 Å². The van der Waals surface area contributed by atoms with Crippen LogP contribution in [0.3, 0.4) is 0 Å². The molecule has 2 aromatic carbocycles. The largest absolute Gasteiger partial charge is 0.301 e. The third-order valence-electron chi connectivity index (χ3n) is 5.97. The Bertz CT molecular complexity index is 993. The van der Waals surface area contributed by atoms with Gasteiger partial charge in [0, 0.05) is 29.6 Å². The van der Waals surface area contributed by atoms with Crippen molar-refractivity contribution in [2.45, 2.75) is 46.0 Å². The van der Waals surface area contributed by atoms with Gasteiger partial charge in [-0.1, -0.05) is 64.1 Å². The molecule has 0 radical (unpaired) electrons. The van der Waals surface area contributed by atoms with Crippen molar-refractivity contribution >= 4 is 23.0 Å². The summed E-state index contributed by atoms with van der Waals surface area (Å²) in [5.74, 6) is 1.29.